The first-order chi connectivity index (χ1) is 9.08. The Hall–Kier alpha value is -1.89. The third kappa shape index (κ3) is 4.70. The molecule has 0 atom stereocenters. The largest absolute Gasteiger partial charge is 0.464 e. The third-order valence-corrected chi connectivity index (χ3v) is 2.49. The number of hydrogen-bond donors (Lipinski definition) is 0. The van der Waals surface area contributed by atoms with Gasteiger partial charge in [0.25, 0.3) is 0 Å². The topological polar surface area (TPSA) is 81.9 Å². The number of aromatic nitrogens is 1. The van der Waals surface area contributed by atoms with Crippen LogP contribution in [0.15, 0.2) is 10.7 Å². The lowest BCUT2D eigenvalue weighted by Gasteiger charge is -2.18. The Morgan fingerprint density at radius 2 is 2.16 bits per heavy atom. The predicted octanol–water partition coefficient (Wildman–Crippen LogP) is 0.846. The number of amides is 1. The van der Waals surface area contributed by atoms with Gasteiger partial charge in [-0.05, 0) is 6.42 Å². The lowest BCUT2D eigenvalue weighted by Crippen LogP contribution is -2.30. The van der Waals surface area contributed by atoms with Crippen molar-refractivity contribution in [2.75, 3.05) is 27.4 Å². The van der Waals surface area contributed by atoms with Crippen LogP contribution in [0.1, 0.15) is 29.7 Å². The summed E-state index contributed by atoms with van der Waals surface area (Å²) >= 11 is 0. The molecule has 19 heavy (non-hydrogen) atoms. The Bertz CT molecular complexity index is 430. The van der Waals surface area contributed by atoms with E-state index < -0.39 is 5.97 Å². The van der Waals surface area contributed by atoms with Gasteiger partial charge in [-0.25, -0.2) is 9.78 Å². The molecule has 0 bridgehead atoms. The minimum atomic E-state index is -0.566. The van der Waals surface area contributed by atoms with Gasteiger partial charge < -0.3 is 18.8 Å². The van der Waals surface area contributed by atoms with Gasteiger partial charge >= 0.3 is 5.97 Å². The van der Waals surface area contributed by atoms with E-state index in [1.54, 1.807) is 12.0 Å². The van der Waals surface area contributed by atoms with Crippen molar-refractivity contribution in [3.8, 4) is 0 Å². The number of ether oxygens (including phenoxy) is 2. The summed E-state index contributed by atoms with van der Waals surface area (Å²) in [6.45, 7) is 2.80. The van der Waals surface area contributed by atoms with Crippen LogP contribution >= 0.6 is 0 Å². The number of nitrogens with zero attached hydrogens (tertiary/aromatic N) is 2. The summed E-state index contributed by atoms with van der Waals surface area (Å²) in [6, 6.07) is 0. The number of methoxy groups -OCH3 is 2. The van der Waals surface area contributed by atoms with Crippen molar-refractivity contribution in [1.29, 1.82) is 0 Å². The predicted molar refractivity (Wildman–Crippen MR) is 65.4 cm³/mol. The number of hydrogen-bond acceptors (Lipinski definition) is 6. The van der Waals surface area contributed by atoms with Gasteiger partial charge in [0.2, 0.25) is 11.8 Å². The summed E-state index contributed by atoms with van der Waals surface area (Å²) < 4.78 is 14.6. The standard InChI is InChI=1S/C12H18N2O5/c1-9(15)14(5-4-6-17-2)7-11-13-10(8-19-11)12(16)18-3/h8H,4-7H2,1-3H3. The van der Waals surface area contributed by atoms with Gasteiger partial charge in [0.1, 0.15) is 6.26 Å². The zero-order valence-corrected chi connectivity index (χ0v) is 11.3. The molecule has 0 N–H and O–H groups in total. The molecule has 0 saturated carbocycles. The lowest BCUT2D eigenvalue weighted by molar-refractivity contribution is -0.129. The minimum absolute atomic E-state index is 0.0890. The number of rotatable bonds is 7. The van der Waals surface area contributed by atoms with Gasteiger partial charge in [-0.15, -0.1) is 0 Å². The van der Waals surface area contributed by atoms with Crippen molar-refractivity contribution < 1.29 is 23.5 Å². The van der Waals surface area contributed by atoms with E-state index in [1.165, 1.54) is 20.3 Å². The fourth-order valence-corrected chi connectivity index (χ4v) is 1.49. The van der Waals surface area contributed by atoms with Gasteiger partial charge in [-0.3, -0.25) is 4.79 Å². The molecular formula is C12H18N2O5. The molecule has 0 fully saturated rings. The molecule has 0 radical (unpaired) electrons. The maximum Gasteiger partial charge on any atom is 0.360 e. The van der Waals surface area contributed by atoms with Gasteiger partial charge in [0.15, 0.2) is 5.69 Å². The molecule has 0 aliphatic heterocycles. The Morgan fingerprint density at radius 3 is 2.74 bits per heavy atom. The van der Waals surface area contributed by atoms with E-state index in [1.807, 2.05) is 0 Å². The highest BCUT2D eigenvalue weighted by Gasteiger charge is 2.16. The number of oxazole rings is 1. The van der Waals surface area contributed by atoms with Crippen LogP contribution < -0.4 is 0 Å². The molecule has 0 aromatic carbocycles. The lowest BCUT2D eigenvalue weighted by atomic mass is 10.3. The molecule has 1 aromatic heterocycles. The molecule has 7 heteroatoms. The Morgan fingerprint density at radius 1 is 1.42 bits per heavy atom. The van der Waals surface area contributed by atoms with Crippen LogP contribution in [0.3, 0.4) is 0 Å². The molecule has 0 spiro atoms. The summed E-state index contributed by atoms with van der Waals surface area (Å²) in [5.74, 6) is -0.356. The van der Waals surface area contributed by atoms with Crippen LogP contribution in [0.4, 0.5) is 0 Å². The van der Waals surface area contributed by atoms with Gasteiger partial charge in [0.05, 0.1) is 13.7 Å². The van der Waals surface area contributed by atoms with E-state index in [9.17, 15) is 9.59 Å². The normalized spacial score (nSPS) is 10.3. The van der Waals surface area contributed by atoms with E-state index in [-0.39, 0.29) is 18.1 Å². The average molecular weight is 270 g/mol. The van der Waals surface area contributed by atoms with Crippen molar-refractivity contribution in [3.05, 3.63) is 17.8 Å². The highest BCUT2D eigenvalue weighted by atomic mass is 16.5. The van der Waals surface area contributed by atoms with E-state index in [0.717, 1.165) is 6.42 Å². The van der Waals surface area contributed by atoms with Crippen LogP contribution in [-0.2, 0) is 20.8 Å². The molecule has 0 saturated heterocycles. The summed E-state index contributed by atoms with van der Waals surface area (Å²) in [6.07, 6.45) is 1.94. The highest BCUT2D eigenvalue weighted by Crippen LogP contribution is 2.07. The molecule has 0 aliphatic carbocycles. The van der Waals surface area contributed by atoms with Crippen molar-refractivity contribution >= 4 is 11.9 Å². The van der Waals surface area contributed by atoms with Crippen LogP contribution in [0.25, 0.3) is 0 Å². The van der Waals surface area contributed by atoms with E-state index in [4.69, 9.17) is 9.15 Å². The van der Waals surface area contributed by atoms with Crippen molar-refractivity contribution in [3.63, 3.8) is 0 Å². The maximum absolute atomic E-state index is 11.5. The van der Waals surface area contributed by atoms with Gasteiger partial charge in [-0.2, -0.15) is 0 Å². The van der Waals surface area contributed by atoms with Crippen LogP contribution in [0.2, 0.25) is 0 Å². The molecule has 7 nitrogen and oxygen atoms in total. The monoisotopic (exact) mass is 270 g/mol. The first-order valence-corrected chi connectivity index (χ1v) is 5.85. The van der Waals surface area contributed by atoms with E-state index in [0.29, 0.717) is 19.0 Å². The molecular weight excluding hydrogens is 252 g/mol. The van der Waals surface area contributed by atoms with E-state index >= 15 is 0 Å². The fourth-order valence-electron chi connectivity index (χ4n) is 1.49. The summed E-state index contributed by atoms with van der Waals surface area (Å²) in [4.78, 5) is 28.2. The van der Waals surface area contributed by atoms with Crippen molar-refractivity contribution in [1.82, 2.24) is 9.88 Å². The summed E-state index contributed by atoms with van der Waals surface area (Å²) in [5.41, 5.74) is 0.0953. The fraction of sp³-hybridized carbons (Fsp3) is 0.583. The third-order valence-electron chi connectivity index (χ3n) is 2.49. The van der Waals surface area contributed by atoms with Crippen LogP contribution in [-0.4, -0.2) is 49.1 Å². The smallest absolute Gasteiger partial charge is 0.360 e. The Labute approximate surface area is 111 Å². The zero-order valence-electron chi connectivity index (χ0n) is 11.3. The van der Waals surface area contributed by atoms with Crippen molar-refractivity contribution in [2.45, 2.75) is 19.9 Å². The Kier molecular flexibility index (Phi) is 6.01. The second-order valence-corrected chi connectivity index (χ2v) is 3.90. The minimum Gasteiger partial charge on any atom is -0.464 e. The quantitative estimate of drug-likeness (QED) is 0.539. The number of esters is 1. The first-order valence-electron chi connectivity index (χ1n) is 5.85. The molecule has 1 rings (SSSR count). The molecule has 1 amide bonds. The molecule has 0 unspecified atom stereocenters. The molecule has 1 heterocycles. The van der Waals surface area contributed by atoms with Gasteiger partial charge in [-0.1, -0.05) is 0 Å². The van der Waals surface area contributed by atoms with Crippen LogP contribution in [0, 0.1) is 0 Å². The Balaban J connectivity index is 2.61. The second kappa shape index (κ2) is 7.52. The van der Waals surface area contributed by atoms with Crippen molar-refractivity contribution in [2.24, 2.45) is 0 Å². The zero-order chi connectivity index (χ0) is 14.3. The molecule has 106 valence electrons. The van der Waals surface area contributed by atoms with Crippen LogP contribution in [0.5, 0.6) is 0 Å². The maximum atomic E-state index is 11.5. The average Bonchev–Trinajstić information content (AvgIpc) is 2.85. The summed E-state index contributed by atoms with van der Waals surface area (Å²) in [7, 11) is 2.87. The SMILES string of the molecule is COCCCN(Cc1nc(C(=O)OC)co1)C(C)=O. The summed E-state index contributed by atoms with van der Waals surface area (Å²) in [5, 5.41) is 0. The highest BCUT2D eigenvalue weighted by molar-refractivity contribution is 5.86. The first kappa shape index (κ1) is 15.2. The van der Waals surface area contributed by atoms with Gasteiger partial charge in [0, 0.05) is 27.2 Å². The number of carbonyl (C=O) groups excluding carboxylic acids is 2. The van der Waals surface area contributed by atoms with E-state index in [2.05, 4.69) is 9.72 Å². The number of carbonyl (C=O) groups is 2. The molecule has 1 aromatic rings. The molecule has 0 aliphatic rings. The second-order valence-electron chi connectivity index (χ2n) is 3.90.